The number of nitrogens with zero attached hydrogens (tertiary/aromatic N) is 1. The first-order chi connectivity index (χ1) is 9.40. The molecule has 6 heteroatoms. The fourth-order valence-electron chi connectivity index (χ4n) is 2.21. The normalized spacial score (nSPS) is 19.5. The maximum atomic E-state index is 12.7. The van der Waals surface area contributed by atoms with Crippen LogP contribution < -0.4 is 0 Å². The van der Waals surface area contributed by atoms with Gasteiger partial charge in [-0.15, -0.1) is 11.6 Å². The number of hydrogen-bond donors (Lipinski definition) is 0. The Morgan fingerprint density at radius 2 is 2.20 bits per heavy atom. The Bertz CT molecular complexity index is 562. The smallest absolute Gasteiger partial charge is 0.256 e. The molecule has 0 aliphatic carbocycles. The molecule has 0 N–H and O–H groups in total. The van der Waals surface area contributed by atoms with E-state index in [-0.39, 0.29) is 0 Å². The van der Waals surface area contributed by atoms with Gasteiger partial charge in [0.2, 0.25) is 5.91 Å². The van der Waals surface area contributed by atoms with Crippen LogP contribution in [0, 0.1) is 6.92 Å². The van der Waals surface area contributed by atoms with E-state index in [0.29, 0.717) is 12.1 Å². The number of rotatable bonds is 3. The Balaban J connectivity index is 2.43. The largest absolute Gasteiger partial charge is 0.305 e. The summed E-state index contributed by atoms with van der Waals surface area (Å²) in [5.74, 6) is -0.466. The molecular formula is C14H13BrClF2NO. The van der Waals surface area contributed by atoms with Gasteiger partial charge >= 0.3 is 0 Å². The van der Waals surface area contributed by atoms with Gasteiger partial charge in [0.05, 0.1) is 6.54 Å². The lowest BCUT2D eigenvalue weighted by atomic mass is 10.00. The molecule has 1 aromatic carbocycles. The van der Waals surface area contributed by atoms with Crippen molar-refractivity contribution in [2.75, 3.05) is 6.54 Å². The number of amides is 1. The summed E-state index contributed by atoms with van der Waals surface area (Å²) in [4.78, 5) is 13.1. The Morgan fingerprint density at radius 3 is 2.80 bits per heavy atom. The Hall–Kier alpha value is -0.940. The monoisotopic (exact) mass is 363 g/mol. The lowest BCUT2D eigenvalue weighted by Gasteiger charge is -2.31. The minimum Gasteiger partial charge on any atom is -0.305 e. The van der Waals surface area contributed by atoms with Crippen molar-refractivity contribution in [1.82, 2.24) is 4.90 Å². The van der Waals surface area contributed by atoms with Crippen LogP contribution in [0.5, 0.6) is 0 Å². The SMILES string of the molecule is Cc1cc(Br)ccc1C1=CCC(Cl)C(=O)N1CC(F)F. The summed E-state index contributed by atoms with van der Waals surface area (Å²) >= 11 is 9.23. The molecular weight excluding hydrogens is 352 g/mol. The molecule has 1 aromatic rings. The van der Waals surface area contributed by atoms with Gasteiger partial charge in [-0.2, -0.15) is 0 Å². The van der Waals surface area contributed by atoms with E-state index in [0.717, 1.165) is 20.5 Å². The van der Waals surface area contributed by atoms with Gasteiger partial charge in [0.1, 0.15) is 5.38 Å². The third-order valence-corrected chi connectivity index (χ3v) is 3.99. The predicted molar refractivity (Wildman–Crippen MR) is 78.8 cm³/mol. The van der Waals surface area contributed by atoms with Crippen LogP contribution in [0.3, 0.4) is 0 Å². The number of benzene rings is 1. The van der Waals surface area contributed by atoms with Crippen LogP contribution in [-0.2, 0) is 4.79 Å². The van der Waals surface area contributed by atoms with Gasteiger partial charge in [-0.1, -0.05) is 28.1 Å². The maximum Gasteiger partial charge on any atom is 0.256 e. The summed E-state index contributed by atoms with van der Waals surface area (Å²) < 4.78 is 26.3. The molecule has 1 aliphatic rings. The number of alkyl halides is 3. The molecule has 2 nitrogen and oxygen atoms in total. The van der Waals surface area contributed by atoms with Crippen LogP contribution in [0.1, 0.15) is 17.5 Å². The molecule has 0 radical (unpaired) electrons. The lowest BCUT2D eigenvalue weighted by Crippen LogP contribution is -2.41. The van der Waals surface area contributed by atoms with Gasteiger partial charge in [0.25, 0.3) is 6.43 Å². The number of halogens is 4. The van der Waals surface area contributed by atoms with Gasteiger partial charge in [0.15, 0.2) is 0 Å². The van der Waals surface area contributed by atoms with Crippen molar-refractivity contribution in [2.24, 2.45) is 0 Å². The highest BCUT2D eigenvalue weighted by atomic mass is 79.9. The van der Waals surface area contributed by atoms with Crippen molar-refractivity contribution in [3.8, 4) is 0 Å². The van der Waals surface area contributed by atoms with E-state index in [1.165, 1.54) is 0 Å². The topological polar surface area (TPSA) is 20.3 Å². The minimum absolute atomic E-state index is 0.352. The summed E-state index contributed by atoms with van der Waals surface area (Å²) in [6, 6.07) is 5.51. The Kier molecular flexibility index (Phi) is 4.81. The van der Waals surface area contributed by atoms with E-state index < -0.39 is 24.3 Å². The van der Waals surface area contributed by atoms with E-state index in [9.17, 15) is 13.6 Å². The van der Waals surface area contributed by atoms with Crippen LogP contribution in [0.15, 0.2) is 28.7 Å². The standard InChI is InChI=1S/C14H13BrClF2NO/c1-8-6-9(15)2-3-10(8)12-5-4-11(16)14(20)19(12)7-13(17)18/h2-3,5-6,11,13H,4,7H2,1H3. The van der Waals surface area contributed by atoms with Crippen molar-refractivity contribution in [3.63, 3.8) is 0 Å². The highest BCUT2D eigenvalue weighted by molar-refractivity contribution is 9.10. The van der Waals surface area contributed by atoms with Crippen molar-refractivity contribution < 1.29 is 13.6 Å². The van der Waals surface area contributed by atoms with E-state index in [1.54, 1.807) is 6.08 Å². The van der Waals surface area contributed by atoms with Crippen LogP contribution >= 0.6 is 27.5 Å². The molecule has 20 heavy (non-hydrogen) atoms. The molecule has 0 fully saturated rings. The van der Waals surface area contributed by atoms with Gasteiger partial charge in [-0.05, 0) is 31.0 Å². The lowest BCUT2D eigenvalue weighted by molar-refractivity contribution is -0.129. The van der Waals surface area contributed by atoms with Gasteiger partial charge in [0, 0.05) is 15.7 Å². The zero-order valence-corrected chi connectivity index (χ0v) is 13.1. The zero-order valence-electron chi connectivity index (χ0n) is 10.7. The quantitative estimate of drug-likeness (QED) is 0.736. The Morgan fingerprint density at radius 1 is 1.50 bits per heavy atom. The fourth-order valence-corrected chi connectivity index (χ4v) is 2.89. The molecule has 1 aliphatic heterocycles. The number of aryl methyl sites for hydroxylation is 1. The van der Waals surface area contributed by atoms with Gasteiger partial charge < -0.3 is 4.90 Å². The zero-order chi connectivity index (χ0) is 14.9. The van der Waals surface area contributed by atoms with E-state index in [1.807, 2.05) is 25.1 Å². The first-order valence-electron chi connectivity index (χ1n) is 6.10. The van der Waals surface area contributed by atoms with Crippen molar-refractivity contribution >= 4 is 39.1 Å². The fraction of sp³-hybridized carbons (Fsp3) is 0.357. The molecule has 0 spiro atoms. The molecule has 0 aromatic heterocycles. The van der Waals surface area contributed by atoms with Crippen LogP contribution in [0.4, 0.5) is 8.78 Å². The highest BCUT2D eigenvalue weighted by Gasteiger charge is 2.31. The highest BCUT2D eigenvalue weighted by Crippen LogP contribution is 2.31. The van der Waals surface area contributed by atoms with Crippen LogP contribution in [-0.4, -0.2) is 29.2 Å². The maximum absolute atomic E-state index is 12.7. The van der Waals surface area contributed by atoms with Crippen LogP contribution in [0.2, 0.25) is 0 Å². The second-order valence-corrected chi connectivity index (χ2v) is 6.03. The average molecular weight is 365 g/mol. The summed E-state index contributed by atoms with van der Waals surface area (Å²) in [5.41, 5.74) is 2.19. The summed E-state index contributed by atoms with van der Waals surface area (Å²) in [6.07, 6.45) is -0.497. The number of carbonyl (C=O) groups excluding carboxylic acids is 1. The van der Waals surface area contributed by atoms with E-state index in [2.05, 4.69) is 15.9 Å². The minimum atomic E-state index is -2.60. The summed E-state index contributed by atoms with van der Waals surface area (Å²) in [6.45, 7) is 1.24. The van der Waals surface area contributed by atoms with Gasteiger partial charge in [-0.25, -0.2) is 8.78 Å². The van der Waals surface area contributed by atoms with Crippen LogP contribution in [0.25, 0.3) is 5.70 Å². The molecule has 0 saturated heterocycles. The number of carbonyl (C=O) groups is 1. The predicted octanol–water partition coefficient (Wildman–Crippen LogP) is 4.20. The molecule has 2 rings (SSSR count). The second kappa shape index (κ2) is 6.22. The second-order valence-electron chi connectivity index (χ2n) is 4.59. The molecule has 1 amide bonds. The first kappa shape index (κ1) is 15.4. The average Bonchev–Trinajstić information content (AvgIpc) is 2.36. The summed E-state index contributed by atoms with van der Waals surface area (Å²) in [7, 11) is 0. The van der Waals surface area contributed by atoms with Crippen molar-refractivity contribution in [1.29, 1.82) is 0 Å². The number of allylic oxidation sites excluding steroid dienone is 1. The molecule has 1 heterocycles. The molecule has 1 unspecified atom stereocenters. The molecule has 1 atom stereocenters. The van der Waals surface area contributed by atoms with Gasteiger partial charge in [-0.3, -0.25) is 4.79 Å². The summed E-state index contributed by atoms with van der Waals surface area (Å²) in [5, 5.41) is -0.770. The molecule has 0 saturated carbocycles. The van der Waals surface area contributed by atoms with Crippen molar-refractivity contribution in [3.05, 3.63) is 39.9 Å². The third-order valence-electron chi connectivity index (χ3n) is 3.13. The van der Waals surface area contributed by atoms with E-state index in [4.69, 9.17) is 11.6 Å². The number of hydrogen-bond acceptors (Lipinski definition) is 1. The Labute approximate surface area is 129 Å². The first-order valence-corrected chi connectivity index (χ1v) is 7.33. The molecule has 108 valence electrons. The van der Waals surface area contributed by atoms with Crippen molar-refractivity contribution in [2.45, 2.75) is 25.1 Å². The third kappa shape index (κ3) is 3.20. The van der Waals surface area contributed by atoms with E-state index >= 15 is 0 Å². The molecule has 0 bridgehead atoms.